The minimum absolute atomic E-state index is 0.127. The van der Waals surface area contributed by atoms with Gasteiger partial charge in [0, 0.05) is 29.7 Å². The van der Waals surface area contributed by atoms with Gasteiger partial charge in [-0.05, 0) is 25.0 Å². The summed E-state index contributed by atoms with van der Waals surface area (Å²) in [5, 5.41) is 0.557. The first-order valence-electron chi connectivity index (χ1n) is 6.01. The molecule has 2 bridgehead atoms. The summed E-state index contributed by atoms with van der Waals surface area (Å²) < 4.78 is 19.5. The lowest BCUT2D eigenvalue weighted by molar-refractivity contribution is 0.0304. The van der Waals surface area contributed by atoms with Crippen molar-refractivity contribution in [1.82, 2.24) is 0 Å². The molecule has 4 heteroatoms. The van der Waals surface area contributed by atoms with E-state index in [-0.39, 0.29) is 5.82 Å². The summed E-state index contributed by atoms with van der Waals surface area (Å²) in [5.74, 6) is -0.127. The summed E-state index contributed by atoms with van der Waals surface area (Å²) in [5.41, 5.74) is 1.77. The highest BCUT2D eigenvalue weighted by molar-refractivity contribution is 9.08. The lowest BCUT2D eigenvalue weighted by Gasteiger charge is -2.35. The molecule has 0 spiro atoms. The zero-order valence-corrected chi connectivity index (χ0v) is 11.1. The van der Waals surface area contributed by atoms with Gasteiger partial charge in [-0.2, -0.15) is 0 Å². The molecule has 2 unspecified atom stereocenters. The highest BCUT2D eigenvalue weighted by atomic mass is 79.9. The van der Waals surface area contributed by atoms with Crippen LogP contribution in [0, 0.1) is 5.82 Å². The van der Waals surface area contributed by atoms with E-state index in [4.69, 9.17) is 4.74 Å². The van der Waals surface area contributed by atoms with Gasteiger partial charge in [-0.3, -0.25) is 0 Å². The molecule has 1 aromatic rings. The van der Waals surface area contributed by atoms with E-state index in [2.05, 4.69) is 20.8 Å². The minimum Gasteiger partial charge on any atom is -0.371 e. The molecule has 0 amide bonds. The molecule has 0 saturated carbocycles. The van der Waals surface area contributed by atoms with Crippen LogP contribution in [0.4, 0.5) is 10.1 Å². The number of morpholine rings is 1. The van der Waals surface area contributed by atoms with Gasteiger partial charge in [0.2, 0.25) is 0 Å². The maximum Gasteiger partial charge on any atom is 0.129 e. The Kier molecular flexibility index (Phi) is 3.09. The molecule has 2 aliphatic rings. The van der Waals surface area contributed by atoms with Crippen LogP contribution in [0.1, 0.15) is 18.4 Å². The summed E-state index contributed by atoms with van der Waals surface area (Å²) in [6, 6.07) is 5.31. The Morgan fingerprint density at radius 1 is 1.29 bits per heavy atom. The van der Waals surface area contributed by atoms with Gasteiger partial charge in [0.1, 0.15) is 5.82 Å². The fourth-order valence-electron chi connectivity index (χ4n) is 2.79. The molecule has 3 rings (SSSR count). The monoisotopic (exact) mass is 299 g/mol. The van der Waals surface area contributed by atoms with E-state index in [1.54, 1.807) is 6.07 Å². The number of halogens is 2. The summed E-state index contributed by atoms with van der Waals surface area (Å²) in [7, 11) is 0. The van der Waals surface area contributed by atoms with E-state index in [0.717, 1.165) is 37.2 Å². The average Bonchev–Trinajstić information content (AvgIpc) is 2.68. The maximum absolute atomic E-state index is 13.7. The van der Waals surface area contributed by atoms with Gasteiger partial charge in [0.15, 0.2) is 0 Å². The molecule has 0 aliphatic carbocycles. The van der Waals surface area contributed by atoms with Gasteiger partial charge in [0.25, 0.3) is 0 Å². The second-order valence-electron chi connectivity index (χ2n) is 4.73. The predicted octanol–water partition coefficient (Wildman–Crippen LogP) is 3.09. The Morgan fingerprint density at radius 3 is 2.65 bits per heavy atom. The van der Waals surface area contributed by atoms with Crippen molar-refractivity contribution in [2.75, 3.05) is 18.0 Å². The van der Waals surface area contributed by atoms with E-state index in [1.807, 2.05) is 6.07 Å². The Balaban J connectivity index is 1.91. The van der Waals surface area contributed by atoms with E-state index in [9.17, 15) is 4.39 Å². The van der Waals surface area contributed by atoms with Crippen molar-refractivity contribution in [3.63, 3.8) is 0 Å². The molecule has 0 aromatic heterocycles. The highest BCUT2D eigenvalue weighted by Crippen LogP contribution is 2.32. The third-order valence-electron chi connectivity index (χ3n) is 3.61. The second-order valence-corrected chi connectivity index (χ2v) is 5.29. The molecule has 2 aliphatic heterocycles. The van der Waals surface area contributed by atoms with E-state index in [1.165, 1.54) is 6.07 Å². The first kappa shape index (κ1) is 11.5. The van der Waals surface area contributed by atoms with Gasteiger partial charge >= 0.3 is 0 Å². The number of anilines is 1. The number of alkyl halides is 1. The van der Waals surface area contributed by atoms with E-state index >= 15 is 0 Å². The smallest absolute Gasteiger partial charge is 0.129 e. The molecular formula is C13H15BrFNO. The largest absolute Gasteiger partial charge is 0.371 e. The van der Waals surface area contributed by atoms with Gasteiger partial charge < -0.3 is 9.64 Å². The van der Waals surface area contributed by atoms with Crippen molar-refractivity contribution >= 4 is 21.6 Å². The molecule has 0 radical (unpaired) electrons. The van der Waals surface area contributed by atoms with Gasteiger partial charge in [0.05, 0.1) is 12.2 Å². The lowest BCUT2D eigenvalue weighted by Crippen LogP contribution is -2.43. The maximum atomic E-state index is 13.7. The molecule has 92 valence electrons. The van der Waals surface area contributed by atoms with Gasteiger partial charge in [-0.1, -0.05) is 22.0 Å². The van der Waals surface area contributed by atoms with Gasteiger partial charge in [-0.25, -0.2) is 4.39 Å². The predicted molar refractivity (Wildman–Crippen MR) is 69.1 cm³/mol. The van der Waals surface area contributed by atoms with Crippen LogP contribution in [-0.2, 0) is 10.1 Å². The fourth-order valence-corrected chi connectivity index (χ4v) is 3.34. The summed E-state index contributed by atoms with van der Waals surface area (Å²) >= 11 is 3.37. The Labute approximate surface area is 109 Å². The molecule has 17 heavy (non-hydrogen) atoms. The van der Waals surface area contributed by atoms with Crippen LogP contribution in [0.2, 0.25) is 0 Å². The van der Waals surface area contributed by atoms with Crippen molar-refractivity contribution in [2.24, 2.45) is 0 Å². The SMILES string of the molecule is Fc1cccc(N2CC3CCC(C2)O3)c1CBr. The second kappa shape index (κ2) is 4.58. The van der Waals surface area contributed by atoms with E-state index in [0.29, 0.717) is 17.5 Å². The van der Waals surface area contributed by atoms with Crippen LogP contribution in [0.15, 0.2) is 18.2 Å². The van der Waals surface area contributed by atoms with Crippen molar-refractivity contribution in [1.29, 1.82) is 0 Å². The van der Waals surface area contributed by atoms with Crippen molar-refractivity contribution < 1.29 is 9.13 Å². The fraction of sp³-hybridized carbons (Fsp3) is 0.538. The molecular weight excluding hydrogens is 285 g/mol. The zero-order valence-electron chi connectivity index (χ0n) is 9.53. The number of ether oxygens (including phenoxy) is 1. The van der Waals surface area contributed by atoms with Crippen molar-refractivity contribution in [2.45, 2.75) is 30.4 Å². The zero-order chi connectivity index (χ0) is 11.8. The number of rotatable bonds is 2. The summed E-state index contributed by atoms with van der Waals surface area (Å²) in [6.45, 7) is 1.78. The van der Waals surface area contributed by atoms with Crippen molar-refractivity contribution in [3.8, 4) is 0 Å². The highest BCUT2D eigenvalue weighted by Gasteiger charge is 2.34. The first-order chi connectivity index (χ1) is 8.28. The number of hydrogen-bond acceptors (Lipinski definition) is 2. The third-order valence-corrected chi connectivity index (χ3v) is 4.17. The van der Waals surface area contributed by atoms with Crippen LogP contribution in [-0.4, -0.2) is 25.3 Å². The first-order valence-corrected chi connectivity index (χ1v) is 7.14. The molecule has 2 heterocycles. The minimum atomic E-state index is -0.127. The molecule has 2 atom stereocenters. The topological polar surface area (TPSA) is 12.5 Å². The van der Waals surface area contributed by atoms with Crippen LogP contribution in [0.3, 0.4) is 0 Å². The number of hydrogen-bond donors (Lipinski definition) is 0. The average molecular weight is 300 g/mol. The molecule has 2 saturated heterocycles. The molecule has 2 nitrogen and oxygen atoms in total. The molecule has 2 fully saturated rings. The Bertz CT molecular complexity index is 414. The molecule has 0 N–H and O–H groups in total. The molecule has 1 aromatic carbocycles. The lowest BCUT2D eigenvalue weighted by atomic mass is 10.1. The van der Waals surface area contributed by atoms with Crippen LogP contribution >= 0.6 is 15.9 Å². The third kappa shape index (κ3) is 2.08. The quantitative estimate of drug-likeness (QED) is 0.778. The standard InChI is InChI=1S/C13H15BrFNO/c14-6-11-12(15)2-1-3-13(11)16-7-9-4-5-10(8-16)17-9/h1-3,9-10H,4-8H2. The Morgan fingerprint density at radius 2 is 2.00 bits per heavy atom. The Hall–Kier alpha value is -0.610. The van der Waals surface area contributed by atoms with Crippen LogP contribution < -0.4 is 4.90 Å². The summed E-state index contributed by atoms with van der Waals surface area (Å²) in [6.07, 6.45) is 2.95. The number of nitrogens with zero attached hydrogens (tertiary/aromatic N) is 1. The number of fused-ring (bicyclic) bond motifs is 2. The van der Waals surface area contributed by atoms with Gasteiger partial charge in [-0.15, -0.1) is 0 Å². The van der Waals surface area contributed by atoms with Crippen molar-refractivity contribution in [3.05, 3.63) is 29.6 Å². The van der Waals surface area contributed by atoms with E-state index < -0.39 is 0 Å². The number of benzene rings is 1. The van der Waals surface area contributed by atoms with Crippen LogP contribution in [0.25, 0.3) is 0 Å². The van der Waals surface area contributed by atoms with Crippen LogP contribution in [0.5, 0.6) is 0 Å². The normalized spacial score (nSPS) is 27.5. The summed E-state index contributed by atoms with van der Waals surface area (Å²) in [4.78, 5) is 2.27.